The Hall–Kier alpha value is -0.780. The van der Waals surface area contributed by atoms with Crippen molar-refractivity contribution in [3.8, 4) is 0 Å². The molecule has 0 heterocycles. The Bertz CT molecular complexity index is 145. The van der Waals surface area contributed by atoms with Gasteiger partial charge in [-0.05, 0) is 7.05 Å². The molecule has 0 aromatic carbocycles. The Balaban J connectivity index is 4.07. The summed E-state index contributed by atoms with van der Waals surface area (Å²) < 4.78 is 35.4. The van der Waals surface area contributed by atoms with Crippen LogP contribution < -0.4 is 11.1 Å². The lowest BCUT2D eigenvalue weighted by atomic mass is 10.2. The number of carbonyl (C=O) groups is 1. The van der Waals surface area contributed by atoms with Crippen molar-refractivity contribution in [2.75, 3.05) is 7.05 Å². The highest BCUT2D eigenvalue weighted by atomic mass is 19.4. The Labute approximate surface area is 61.7 Å². The first-order valence-corrected chi connectivity index (χ1v) is 2.90. The van der Waals surface area contributed by atoms with Crippen LogP contribution in [0.5, 0.6) is 0 Å². The van der Waals surface area contributed by atoms with Crippen LogP contribution in [0.15, 0.2) is 0 Å². The van der Waals surface area contributed by atoms with E-state index in [4.69, 9.17) is 0 Å². The van der Waals surface area contributed by atoms with E-state index in [0.717, 1.165) is 7.05 Å². The Kier molecular flexibility index (Phi) is 3.31. The first-order chi connectivity index (χ1) is 4.88. The minimum absolute atomic E-state index is 0.722. The lowest BCUT2D eigenvalue weighted by molar-refractivity contribution is -0.159. The molecule has 66 valence electrons. The number of amides is 1. The predicted molar refractivity (Wildman–Crippen MR) is 32.7 cm³/mol. The second-order valence-electron chi connectivity index (χ2n) is 2.05. The molecule has 0 aliphatic rings. The number of halogens is 3. The molecule has 0 spiro atoms. The van der Waals surface area contributed by atoms with Gasteiger partial charge in [0, 0.05) is 0 Å². The highest BCUT2D eigenvalue weighted by Crippen LogP contribution is 2.21. The smallest absolute Gasteiger partial charge is 0.370 e. The van der Waals surface area contributed by atoms with Gasteiger partial charge in [0.05, 0.1) is 6.42 Å². The van der Waals surface area contributed by atoms with Crippen LogP contribution in [0, 0.1) is 0 Å². The van der Waals surface area contributed by atoms with Crippen LogP contribution in [-0.2, 0) is 4.79 Å². The molecule has 0 aliphatic heterocycles. The molecule has 6 heteroatoms. The summed E-state index contributed by atoms with van der Waals surface area (Å²) >= 11 is 0. The maximum Gasteiger partial charge on any atom is 0.404 e. The van der Waals surface area contributed by atoms with Crippen molar-refractivity contribution < 1.29 is 18.0 Å². The number of nitrogens with one attached hydrogen (secondary N) is 1. The van der Waals surface area contributed by atoms with Crippen LogP contribution in [0.2, 0.25) is 0 Å². The quantitative estimate of drug-likeness (QED) is 0.627. The highest BCUT2D eigenvalue weighted by Gasteiger charge is 2.39. The first-order valence-electron chi connectivity index (χ1n) is 2.90. The molecule has 0 aromatic rings. The Morgan fingerprint density at radius 1 is 1.64 bits per heavy atom. The van der Waals surface area contributed by atoms with E-state index in [9.17, 15) is 18.0 Å². The van der Waals surface area contributed by atoms with Gasteiger partial charge in [0.15, 0.2) is 0 Å². The summed E-state index contributed by atoms with van der Waals surface area (Å²) in [7, 11) is 1.13. The zero-order valence-corrected chi connectivity index (χ0v) is 5.90. The molecular weight excluding hydrogens is 161 g/mol. The lowest BCUT2D eigenvalue weighted by Crippen LogP contribution is -2.42. The van der Waals surface area contributed by atoms with Crippen molar-refractivity contribution in [3.05, 3.63) is 0 Å². The predicted octanol–water partition coefficient (Wildman–Crippen LogP) is 0.0121. The van der Waals surface area contributed by atoms with Gasteiger partial charge in [-0.2, -0.15) is 13.2 Å². The van der Waals surface area contributed by atoms with Gasteiger partial charge >= 0.3 is 6.18 Å². The molecule has 0 bridgehead atoms. The van der Waals surface area contributed by atoms with Crippen LogP contribution in [0.25, 0.3) is 0 Å². The minimum Gasteiger partial charge on any atom is -0.370 e. The van der Waals surface area contributed by atoms with Crippen LogP contribution in [-0.4, -0.2) is 25.2 Å². The second kappa shape index (κ2) is 3.56. The zero-order valence-electron chi connectivity index (χ0n) is 5.90. The number of primary amides is 1. The van der Waals surface area contributed by atoms with Crippen LogP contribution >= 0.6 is 0 Å². The summed E-state index contributed by atoms with van der Waals surface area (Å²) in [6.07, 6.45) is -5.14. The maximum atomic E-state index is 11.8. The van der Waals surface area contributed by atoms with E-state index in [2.05, 4.69) is 5.73 Å². The van der Waals surface area contributed by atoms with Crippen molar-refractivity contribution in [2.45, 2.75) is 18.6 Å². The van der Waals surface area contributed by atoms with E-state index in [1.54, 1.807) is 0 Å². The summed E-state index contributed by atoms with van der Waals surface area (Å²) in [5, 5.41) is 1.95. The third kappa shape index (κ3) is 3.82. The molecule has 0 rings (SSSR count). The summed E-state index contributed by atoms with van der Waals surface area (Å²) in [4.78, 5) is 10.1. The largest absolute Gasteiger partial charge is 0.404 e. The second-order valence-corrected chi connectivity index (χ2v) is 2.05. The molecule has 1 amide bonds. The minimum atomic E-state index is -4.41. The third-order valence-electron chi connectivity index (χ3n) is 1.15. The topological polar surface area (TPSA) is 55.1 Å². The van der Waals surface area contributed by atoms with E-state index < -0.39 is 24.5 Å². The molecule has 1 atom stereocenters. The summed E-state index contributed by atoms with van der Waals surface area (Å²) in [5.74, 6) is -0.971. The van der Waals surface area contributed by atoms with Crippen molar-refractivity contribution in [2.24, 2.45) is 5.73 Å². The number of hydrogen-bond donors (Lipinski definition) is 2. The van der Waals surface area contributed by atoms with Gasteiger partial charge in [-0.1, -0.05) is 0 Å². The Morgan fingerprint density at radius 3 is 2.18 bits per heavy atom. The molecule has 0 radical (unpaired) electrons. The number of hydrogen-bond acceptors (Lipinski definition) is 2. The van der Waals surface area contributed by atoms with E-state index >= 15 is 0 Å². The van der Waals surface area contributed by atoms with E-state index in [-0.39, 0.29) is 0 Å². The van der Waals surface area contributed by atoms with Crippen molar-refractivity contribution in [1.82, 2.24) is 5.32 Å². The summed E-state index contributed by atoms with van der Waals surface area (Å²) in [6, 6.07) is -1.83. The molecular formula is C5H9F3N2O. The third-order valence-corrected chi connectivity index (χ3v) is 1.15. The number of carbonyl (C=O) groups excluding carboxylic acids is 1. The van der Waals surface area contributed by atoms with Gasteiger partial charge in [0.25, 0.3) is 0 Å². The van der Waals surface area contributed by atoms with Gasteiger partial charge in [0.1, 0.15) is 6.04 Å². The molecule has 11 heavy (non-hydrogen) atoms. The maximum absolute atomic E-state index is 11.8. The zero-order chi connectivity index (χ0) is 9.07. The molecule has 1 unspecified atom stereocenters. The summed E-state index contributed by atoms with van der Waals surface area (Å²) in [5.41, 5.74) is 4.59. The van der Waals surface area contributed by atoms with Gasteiger partial charge < -0.3 is 11.1 Å². The van der Waals surface area contributed by atoms with Gasteiger partial charge in [-0.3, -0.25) is 4.79 Å². The SMILES string of the molecule is CNC(CC(N)=O)C(F)(F)F. The van der Waals surface area contributed by atoms with E-state index in [1.807, 2.05) is 5.32 Å². The average Bonchev–Trinajstić information content (AvgIpc) is 1.79. The fourth-order valence-electron chi connectivity index (χ4n) is 0.583. The van der Waals surface area contributed by atoms with E-state index in [0.29, 0.717) is 0 Å². The average molecular weight is 170 g/mol. The standard InChI is InChI=1S/C5H9F3N2O/c1-10-3(2-4(9)11)5(6,7)8/h3,10H,2H2,1H3,(H2,9,11). The molecule has 0 saturated carbocycles. The van der Waals surface area contributed by atoms with Crippen molar-refractivity contribution in [1.29, 1.82) is 0 Å². The number of alkyl halides is 3. The number of nitrogens with two attached hydrogens (primary N) is 1. The Morgan fingerprint density at radius 2 is 2.09 bits per heavy atom. The first kappa shape index (κ1) is 10.2. The van der Waals surface area contributed by atoms with Gasteiger partial charge in [-0.15, -0.1) is 0 Å². The van der Waals surface area contributed by atoms with Crippen LogP contribution in [0.1, 0.15) is 6.42 Å². The molecule has 3 N–H and O–H groups in total. The lowest BCUT2D eigenvalue weighted by Gasteiger charge is -2.17. The van der Waals surface area contributed by atoms with E-state index in [1.165, 1.54) is 0 Å². The van der Waals surface area contributed by atoms with Crippen molar-refractivity contribution >= 4 is 5.91 Å². The molecule has 0 fully saturated rings. The molecule has 0 aromatic heterocycles. The monoisotopic (exact) mass is 170 g/mol. The number of rotatable bonds is 3. The van der Waals surface area contributed by atoms with Crippen LogP contribution in [0.4, 0.5) is 13.2 Å². The molecule has 3 nitrogen and oxygen atoms in total. The molecule has 0 saturated heterocycles. The van der Waals surface area contributed by atoms with Crippen LogP contribution in [0.3, 0.4) is 0 Å². The fourth-order valence-corrected chi connectivity index (χ4v) is 0.583. The highest BCUT2D eigenvalue weighted by molar-refractivity contribution is 5.74. The van der Waals surface area contributed by atoms with Gasteiger partial charge in [0.2, 0.25) is 5.91 Å². The van der Waals surface area contributed by atoms with Crippen molar-refractivity contribution in [3.63, 3.8) is 0 Å². The fraction of sp³-hybridized carbons (Fsp3) is 0.800. The summed E-state index contributed by atoms with van der Waals surface area (Å²) in [6.45, 7) is 0. The molecule has 0 aliphatic carbocycles. The van der Waals surface area contributed by atoms with Gasteiger partial charge in [-0.25, -0.2) is 0 Å². The normalized spacial score (nSPS) is 14.5.